The maximum absolute atomic E-state index is 5.98. The Hall–Kier alpha value is -1.58. The highest BCUT2D eigenvalue weighted by Gasteiger charge is 2.12. The van der Waals surface area contributed by atoms with Crippen molar-refractivity contribution in [1.82, 2.24) is 4.90 Å². The number of ether oxygens (including phenoxy) is 1. The van der Waals surface area contributed by atoms with Crippen LogP contribution in [0.25, 0.3) is 10.8 Å². The van der Waals surface area contributed by atoms with Crippen molar-refractivity contribution in [3.63, 3.8) is 0 Å². The van der Waals surface area contributed by atoms with Crippen LogP contribution in [0.2, 0.25) is 0 Å². The monoisotopic (exact) mass is 270 g/mol. The topological polar surface area (TPSA) is 38.5 Å². The van der Waals surface area contributed by atoms with Crippen molar-refractivity contribution in [2.75, 3.05) is 26.2 Å². The number of nitrogens with zero attached hydrogens (tertiary/aromatic N) is 1. The summed E-state index contributed by atoms with van der Waals surface area (Å²) in [5, 5.41) is 2.42. The van der Waals surface area contributed by atoms with Gasteiger partial charge < -0.3 is 10.5 Å². The fraction of sp³-hybridized carbons (Fsp3) is 0.412. The summed E-state index contributed by atoms with van der Waals surface area (Å²) in [7, 11) is 0. The van der Waals surface area contributed by atoms with Crippen molar-refractivity contribution in [2.24, 2.45) is 5.73 Å². The second-order valence-corrected chi connectivity index (χ2v) is 5.36. The molecule has 20 heavy (non-hydrogen) atoms. The molecule has 0 bridgehead atoms. The first kappa shape index (κ1) is 13.4. The van der Waals surface area contributed by atoms with Gasteiger partial charge in [0, 0.05) is 18.7 Å². The van der Waals surface area contributed by atoms with Crippen LogP contribution >= 0.6 is 0 Å². The molecule has 1 fully saturated rings. The van der Waals surface area contributed by atoms with Crippen LogP contribution in [0, 0.1) is 0 Å². The molecule has 0 aromatic heterocycles. The Morgan fingerprint density at radius 1 is 1.05 bits per heavy atom. The molecule has 0 aliphatic carbocycles. The molecule has 2 aromatic rings. The summed E-state index contributed by atoms with van der Waals surface area (Å²) in [6, 6.07) is 12.5. The average Bonchev–Trinajstić information content (AvgIpc) is 3.00. The van der Waals surface area contributed by atoms with Crippen molar-refractivity contribution < 1.29 is 4.74 Å². The molecule has 0 atom stereocenters. The molecule has 0 spiro atoms. The lowest BCUT2D eigenvalue weighted by Gasteiger charge is -2.17. The van der Waals surface area contributed by atoms with Gasteiger partial charge in [-0.15, -0.1) is 0 Å². The smallest absolute Gasteiger partial charge is 0.124 e. The number of likely N-dealkylation sites (tertiary alicyclic amines) is 1. The molecular weight excluding hydrogens is 248 g/mol. The van der Waals surface area contributed by atoms with Crippen LogP contribution in [0.1, 0.15) is 18.4 Å². The van der Waals surface area contributed by atoms with Crippen LogP contribution < -0.4 is 10.5 Å². The molecule has 1 heterocycles. The first-order valence-electron chi connectivity index (χ1n) is 7.44. The fourth-order valence-electron chi connectivity index (χ4n) is 2.95. The second-order valence-electron chi connectivity index (χ2n) is 5.36. The van der Waals surface area contributed by atoms with Crippen molar-refractivity contribution in [3.8, 4) is 5.75 Å². The Kier molecular flexibility index (Phi) is 4.19. The summed E-state index contributed by atoms with van der Waals surface area (Å²) < 4.78 is 5.98. The lowest BCUT2D eigenvalue weighted by atomic mass is 10.0. The number of benzene rings is 2. The van der Waals surface area contributed by atoms with Gasteiger partial charge in [-0.2, -0.15) is 0 Å². The molecule has 2 aromatic carbocycles. The highest BCUT2D eigenvalue weighted by atomic mass is 16.5. The SMILES string of the molecule is NCc1c(OCCN2CCCC2)ccc2ccccc12. The van der Waals surface area contributed by atoms with E-state index in [1.807, 2.05) is 0 Å². The summed E-state index contributed by atoms with van der Waals surface area (Å²) in [6.45, 7) is 4.69. The van der Waals surface area contributed by atoms with Gasteiger partial charge in [0.05, 0.1) is 0 Å². The summed E-state index contributed by atoms with van der Waals surface area (Å²) in [6.07, 6.45) is 2.65. The van der Waals surface area contributed by atoms with E-state index in [-0.39, 0.29) is 0 Å². The quantitative estimate of drug-likeness (QED) is 0.908. The van der Waals surface area contributed by atoms with E-state index >= 15 is 0 Å². The van der Waals surface area contributed by atoms with Crippen LogP contribution in [-0.4, -0.2) is 31.1 Å². The largest absolute Gasteiger partial charge is 0.492 e. The molecule has 106 valence electrons. The van der Waals surface area contributed by atoms with Crippen molar-refractivity contribution in [3.05, 3.63) is 42.0 Å². The summed E-state index contributed by atoms with van der Waals surface area (Å²) in [5.41, 5.74) is 7.04. The van der Waals surface area contributed by atoms with Crippen molar-refractivity contribution in [2.45, 2.75) is 19.4 Å². The van der Waals surface area contributed by atoms with Crippen molar-refractivity contribution >= 4 is 10.8 Å². The van der Waals surface area contributed by atoms with Crippen LogP contribution in [0.5, 0.6) is 5.75 Å². The molecule has 2 N–H and O–H groups in total. The lowest BCUT2D eigenvalue weighted by molar-refractivity contribution is 0.236. The normalized spacial score (nSPS) is 15.8. The summed E-state index contributed by atoms with van der Waals surface area (Å²) >= 11 is 0. The molecule has 3 nitrogen and oxygen atoms in total. The molecule has 1 saturated heterocycles. The van der Waals surface area contributed by atoms with E-state index in [1.54, 1.807) is 0 Å². The molecule has 0 unspecified atom stereocenters. The van der Waals surface area contributed by atoms with E-state index in [0.29, 0.717) is 6.54 Å². The Bertz CT molecular complexity index is 576. The molecule has 1 aliphatic rings. The van der Waals surface area contributed by atoms with E-state index < -0.39 is 0 Å². The third-order valence-corrected chi connectivity index (χ3v) is 4.07. The summed E-state index contributed by atoms with van der Waals surface area (Å²) in [5.74, 6) is 0.936. The number of fused-ring (bicyclic) bond motifs is 1. The van der Waals surface area contributed by atoms with E-state index in [4.69, 9.17) is 10.5 Å². The molecule has 0 saturated carbocycles. The maximum atomic E-state index is 5.98. The predicted octanol–water partition coefficient (Wildman–Crippen LogP) is 2.77. The van der Waals surface area contributed by atoms with E-state index in [2.05, 4.69) is 41.3 Å². The average molecular weight is 270 g/mol. The molecule has 3 heteroatoms. The van der Waals surface area contributed by atoms with Gasteiger partial charge >= 0.3 is 0 Å². The Morgan fingerprint density at radius 3 is 2.65 bits per heavy atom. The zero-order chi connectivity index (χ0) is 13.8. The highest BCUT2D eigenvalue weighted by Crippen LogP contribution is 2.27. The van der Waals surface area contributed by atoms with Gasteiger partial charge in [-0.3, -0.25) is 4.90 Å². The van der Waals surface area contributed by atoms with E-state index in [0.717, 1.165) is 24.5 Å². The Balaban J connectivity index is 1.73. The first-order chi connectivity index (χ1) is 9.88. The van der Waals surface area contributed by atoms with Gasteiger partial charge in [-0.05, 0) is 42.8 Å². The number of hydrogen-bond donors (Lipinski definition) is 1. The number of rotatable bonds is 5. The highest BCUT2D eigenvalue weighted by molar-refractivity contribution is 5.87. The Labute approximate surface area is 120 Å². The number of nitrogens with two attached hydrogens (primary N) is 1. The van der Waals surface area contributed by atoms with Gasteiger partial charge in [-0.25, -0.2) is 0 Å². The molecule has 0 amide bonds. The van der Waals surface area contributed by atoms with Crippen LogP contribution in [0.3, 0.4) is 0 Å². The molecule has 0 radical (unpaired) electrons. The van der Waals surface area contributed by atoms with Crippen LogP contribution in [0.15, 0.2) is 36.4 Å². The maximum Gasteiger partial charge on any atom is 0.124 e. The third kappa shape index (κ3) is 2.79. The van der Waals surface area contributed by atoms with Gasteiger partial charge in [0.15, 0.2) is 0 Å². The standard InChI is InChI=1S/C17H22N2O/c18-13-16-15-6-2-1-5-14(15)7-8-17(16)20-12-11-19-9-3-4-10-19/h1-2,5-8H,3-4,9-13,18H2. The van der Waals surface area contributed by atoms with Gasteiger partial charge in [0.25, 0.3) is 0 Å². The lowest BCUT2D eigenvalue weighted by Crippen LogP contribution is -2.25. The zero-order valence-corrected chi connectivity index (χ0v) is 11.8. The minimum atomic E-state index is 0.514. The van der Waals surface area contributed by atoms with Crippen LogP contribution in [-0.2, 0) is 6.54 Å². The zero-order valence-electron chi connectivity index (χ0n) is 11.8. The summed E-state index contributed by atoms with van der Waals surface area (Å²) in [4.78, 5) is 2.46. The number of hydrogen-bond acceptors (Lipinski definition) is 3. The molecule has 1 aliphatic heterocycles. The minimum absolute atomic E-state index is 0.514. The predicted molar refractivity (Wildman–Crippen MR) is 83.0 cm³/mol. The van der Waals surface area contributed by atoms with E-state index in [9.17, 15) is 0 Å². The first-order valence-corrected chi connectivity index (χ1v) is 7.44. The third-order valence-electron chi connectivity index (χ3n) is 4.07. The van der Waals surface area contributed by atoms with Crippen molar-refractivity contribution in [1.29, 1.82) is 0 Å². The second kappa shape index (κ2) is 6.25. The molecule has 3 rings (SSSR count). The van der Waals surface area contributed by atoms with Gasteiger partial charge in [0.2, 0.25) is 0 Å². The van der Waals surface area contributed by atoms with Gasteiger partial charge in [-0.1, -0.05) is 30.3 Å². The Morgan fingerprint density at radius 2 is 1.85 bits per heavy atom. The van der Waals surface area contributed by atoms with Gasteiger partial charge in [0.1, 0.15) is 12.4 Å². The van der Waals surface area contributed by atoms with E-state index in [1.165, 1.54) is 36.7 Å². The molecular formula is C17H22N2O. The minimum Gasteiger partial charge on any atom is -0.492 e. The van der Waals surface area contributed by atoms with Crippen LogP contribution in [0.4, 0.5) is 0 Å². The fourth-order valence-corrected chi connectivity index (χ4v) is 2.95.